The second-order valence-electron chi connectivity index (χ2n) is 3.84. The smallest absolute Gasteiger partial charge is 0.366 e. The van der Waals surface area contributed by atoms with E-state index in [9.17, 15) is 13.2 Å². The van der Waals surface area contributed by atoms with Gasteiger partial charge in [0, 0.05) is 0 Å². The van der Waals surface area contributed by atoms with E-state index >= 15 is 0 Å². The molecule has 0 unspecified atom stereocenters. The quantitative estimate of drug-likeness (QED) is 0.672. The van der Waals surface area contributed by atoms with E-state index in [-0.39, 0.29) is 18.4 Å². The van der Waals surface area contributed by atoms with Gasteiger partial charge in [0.05, 0.1) is 6.10 Å². The Balaban J connectivity index is 4.20. The molecule has 1 atom stereocenters. The highest BCUT2D eigenvalue weighted by atomic mass is 19.4. The van der Waals surface area contributed by atoms with Crippen molar-refractivity contribution >= 4 is 0 Å². The van der Waals surface area contributed by atoms with Gasteiger partial charge in [-0.3, -0.25) is 0 Å². The molecular formula is C9H17F3O. The SMILES string of the molecule is CC(C)C[C@H](OC(C)C)C(F)(F)F. The van der Waals surface area contributed by atoms with Crippen LogP contribution in [0.2, 0.25) is 0 Å². The van der Waals surface area contributed by atoms with Crippen molar-refractivity contribution in [1.82, 2.24) is 0 Å². The van der Waals surface area contributed by atoms with E-state index in [2.05, 4.69) is 0 Å². The number of alkyl halides is 3. The van der Waals surface area contributed by atoms with Crippen molar-refractivity contribution < 1.29 is 17.9 Å². The van der Waals surface area contributed by atoms with Gasteiger partial charge in [0.2, 0.25) is 0 Å². The Morgan fingerprint density at radius 2 is 1.54 bits per heavy atom. The maximum absolute atomic E-state index is 12.3. The van der Waals surface area contributed by atoms with Crippen LogP contribution in [0.15, 0.2) is 0 Å². The summed E-state index contributed by atoms with van der Waals surface area (Å²) in [6.45, 7) is 6.73. The Bertz CT molecular complexity index is 130. The maximum Gasteiger partial charge on any atom is 0.414 e. The largest absolute Gasteiger partial charge is 0.414 e. The molecule has 0 aliphatic heterocycles. The molecule has 0 aliphatic rings. The van der Waals surface area contributed by atoms with Crippen molar-refractivity contribution in [3.63, 3.8) is 0 Å². The highest BCUT2D eigenvalue weighted by molar-refractivity contribution is 4.70. The topological polar surface area (TPSA) is 9.23 Å². The summed E-state index contributed by atoms with van der Waals surface area (Å²) in [5.74, 6) is -0.00891. The standard InChI is InChI=1S/C9H17F3O/c1-6(2)5-8(9(10,11)12)13-7(3)4/h6-8H,5H2,1-4H3/t8-/m0/s1. The average molecular weight is 198 g/mol. The van der Waals surface area contributed by atoms with E-state index in [4.69, 9.17) is 4.74 Å². The monoisotopic (exact) mass is 198 g/mol. The molecule has 0 N–H and O–H groups in total. The number of hydrogen-bond acceptors (Lipinski definition) is 1. The van der Waals surface area contributed by atoms with Crippen LogP contribution in [0, 0.1) is 5.92 Å². The third-order valence-electron chi connectivity index (χ3n) is 1.49. The van der Waals surface area contributed by atoms with Crippen LogP contribution in [0.5, 0.6) is 0 Å². The van der Waals surface area contributed by atoms with Crippen molar-refractivity contribution in [3.05, 3.63) is 0 Å². The summed E-state index contributed by atoms with van der Waals surface area (Å²) >= 11 is 0. The zero-order chi connectivity index (χ0) is 10.6. The summed E-state index contributed by atoms with van der Waals surface area (Å²) in [6, 6.07) is 0. The number of rotatable bonds is 4. The maximum atomic E-state index is 12.3. The molecule has 0 spiro atoms. The van der Waals surface area contributed by atoms with Gasteiger partial charge in [-0.15, -0.1) is 0 Å². The van der Waals surface area contributed by atoms with Crippen LogP contribution < -0.4 is 0 Å². The minimum absolute atomic E-state index is 0.00891. The zero-order valence-electron chi connectivity index (χ0n) is 8.48. The third-order valence-corrected chi connectivity index (χ3v) is 1.49. The van der Waals surface area contributed by atoms with E-state index in [0.29, 0.717) is 0 Å². The summed E-state index contributed by atoms with van der Waals surface area (Å²) in [6.07, 6.45) is -6.21. The van der Waals surface area contributed by atoms with Crippen LogP contribution in [0.4, 0.5) is 13.2 Å². The van der Waals surface area contributed by atoms with Crippen LogP contribution in [0.1, 0.15) is 34.1 Å². The third kappa shape index (κ3) is 5.91. The lowest BCUT2D eigenvalue weighted by atomic mass is 10.1. The predicted molar refractivity (Wildman–Crippen MR) is 45.5 cm³/mol. The van der Waals surface area contributed by atoms with Crippen LogP contribution in [0.25, 0.3) is 0 Å². The van der Waals surface area contributed by atoms with E-state index < -0.39 is 12.3 Å². The van der Waals surface area contributed by atoms with E-state index in [1.807, 2.05) is 0 Å². The van der Waals surface area contributed by atoms with Crippen LogP contribution in [0.3, 0.4) is 0 Å². The first kappa shape index (κ1) is 12.8. The second kappa shape index (κ2) is 4.84. The second-order valence-corrected chi connectivity index (χ2v) is 3.84. The molecule has 0 aliphatic carbocycles. The fraction of sp³-hybridized carbons (Fsp3) is 1.00. The fourth-order valence-corrected chi connectivity index (χ4v) is 1.02. The molecule has 80 valence electrons. The Hall–Kier alpha value is -0.250. The van der Waals surface area contributed by atoms with Crippen LogP contribution in [-0.2, 0) is 4.74 Å². The number of ether oxygens (including phenoxy) is 1. The molecule has 0 aromatic rings. The van der Waals surface area contributed by atoms with Gasteiger partial charge >= 0.3 is 6.18 Å². The predicted octanol–water partition coefficient (Wildman–Crippen LogP) is 3.39. The van der Waals surface area contributed by atoms with Crippen LogP contribution >= 0.6 is 0 Å². The van der Waals surface area contributed by atoms with Gasteiger partial charge in [0.25, 0.3) is 0 Å². The molecular weight excluding hydrogens is 181 g/mol. The molecule has 0 heterocycles. The number of halogens is 3. The molecule has 1 nitrogen and oxygen atoms in total. The normalized spacial score (nSPS) is 15.5. The van der Waals surface area contributed by atoms with Crippen molar-refractivity contribution in [1.29, 1.82) is 0 Å². The molecule has 0 radical (unpaired) electrons. The minimum Gasteiger partial charge on any atom is -0.366 e. The molecule has 0 bridgehead atoms. The van der Waals surface area contributed by atoms with Crippen molar-refractivity contribution in [2.24, 2.45) is 5.92 Å². The lowest BCUT2D eigenvalue weighted by Gasteiger charge is -2.24. The van der Waals surface area contributed by atoms with E-state index in [1.165, 1.54) is 0 Å². The fourth-order valence-electron chi connectivity index (χ4n) is 1.02. The first-order valence-electron chi connectivity index (χ1n) is 4.45. The van der Waals surface area contributed by atoms with E-state index in [1.54, 1.807) is 27.7 Å². The molecule has 0 aromatic carbocycles. The Kier molecular flexibility index (Phi) is 4.75. The van der Waals surface area contributed by atoms with Gasteiger partial charge in [-0.05, 0) is 26.2 Å². The van der Waals surface area contributed by atoms with Crippen molar-refractivity contribution in [2.75, 3.05) is 0 Å². The lowest BCUT2D eigenvalue weighted by Crippen LogP contribution is -2.35. The number of hydrogen-bond donors (Lipinski definition) is 0. The molecule has 0 fully saturated rings. The highest BCUT2D eigenvalue weighted by Gasteiger charge is 2.41. The van der Waals surface area contributed by atoms with Crippen molar-refractivity contribution in [3.8, 4) is 0 Å². The molecule has 13 heavy (non-hydrogen) atoms. The van der Waals surface area contributed by atoms with Gasteiger partial charge in [0.1, 0.15) is 0 Å². The summed E-state index contributed by atoms with van der Waals surface area (Å²) in [7, 11) is 0. The minimum atomic E-state index is -4.24. The molecule has 0 saturated heterocycles. The summed E-state index contributed by atoms with van der Waals surface area (Å²) in [4.78, 5) is 0. The van der Waals surface area contributed by atoms with Gasteiger partial charge < -0.3 is 4.74 Å². The van der Waals surface area contributed by atoms with Gasteiger partial charge in [-0.2, -0.15) is 13.2 Å². The summed E-state index contributed by atoms with van der Waals surface area (Å²) in [5, 5.41) is 0. The van der Waals surface area contributed by atoms with Gasteiger partial charge in [-0.1, -0.05) is 13.8 Å². The molecule has 0 amide bonds. The van der Waals surface area contributed by atoms with Crippen LogP contribution in [-0.4, -0.2) is 18.4 Å². The first-order valence-corrected chi connectivity index (χ1v) is 4.45. The summed E-state index contributed by atoms with van der Waals surface area (Å²) in [5.41, 5.74) is 0. The highest BCUT2D eigenvalue weighted by Crippen LogP contribution is 2.28. The summed E-state index contributed by atoms with van der Waals surface area (Å²) < 4.78 is 41.7. The molecule has 0 saturated carbocycles. The average Bonchev–Trinajstić information content (AvgIpc) is 1.81. The van der Waals surface area contributed by atoms with E-state index in [0.717, 1.165) is 0 Å². The molecule has 0 rings (SSSR count). The van der Waals surface area contributed by atoms with Gasteiger partial charge in [-0.25, -0.2) is 0 Å². The Morgan fingerprint density at radius 3 is 1.77 bits per heavy atom. The Labute approximate surface area is 77.3 Å². The Morgan fingerprint density at radius 1 is 1.08 bits per heavy atom. The lowest BCUT2D eigenvalue weighted by molar-refractivity contribution is -0.233. The zero-order valence-corrected chi connectivity index (χ0v) is 8.48. The van der Waals surface area contributed by atoms with Crippen molar-refractivity contribution in [2.45, 2.75) is 52.5 Å². The van der Waals surface area contributed by atoms with Gasteiger partial charge in [0.15, 0.2) is 6.10 Å². The first-order chi connectivity index (χ1) is 5.73. The molecule has 0 aromatic heterocycles. The molecule has 4 heteroatoms.